The zero-order valence-corrected chi connectivity index (χ0v) is 16.8. The van der Waals surface area contributed by atoms with Gasteiger partial charge in [0.05, 0.1) is 17.9 Å². The number of carbonyl (C=O) groups is 2. The lowest BCUT2D eigenvalue weighted by Gasteiger charge is -2.23. The average molecular weight is 400 g/mol. The summed E-state index contributed by atoms with van der Waals surface area (Å²) in [6, 6.07) is 23.1. The number of hydrogen-bond acceptors (Lipinski definition) is 3. The van der Waals surface area contributed by atoms with Gasteiger partial charge in [-0.25, -0.2) is 4.79 Å². The molecule has 0 aromatic heterocycles. The number of aryl methyl sites for hydroxylation is 1. The highest BCUT2D eigenvalue weighted by atomic mass is 16.2. The topological polar surface area (TPSA) is 73.5 Å². The van der Waals surface area contributed by atoms with Gasteiger partial charge in [-0.15, -0.1) is 0 Å². The Hall–Kier alpha value is -3.80. The quantitative estimate of drug-likeness (QED) is 0.592. The number of para-hydroxylation sites is 3. The second-order valence-corrected chi connectivity index (χ2v) is 7.27. The number of benzene rings is 3. The van der Waals surface area contributed by atoms with E-state index in [4.69, 9.17) is 0 Å². The molecule has 0 atom stereocenters. The molecule has 4 rings (SSSR count). The summed E-state index contributed by atoms with van der Waals surface area (Å²) in [5, 5.41) is 8.25. The van der Waals surface area contributed by atoms with Crippen molar-refractivity contribution in [2.45, 2.75) is 13.3 Å². The van der Waals surface area contributed by atoms with Crippen molar-refractivity contribution >= 4 is 34.7 Å². The van der Waals surface area contributed by atoms with Crippen molar-refractivity contribution < 1.29 is 9.59 Å². The van der Waals surface area contributed by atoms with Crippen LogP contribution in [0.5, 0.6) is 0 Å². The summed E-state index contributed by atoms with van der Waals surface area (Å²) in [4.78, 5) is 26.8. The second-order valence-electron chi connectivity index (χ2n) is 7.27. The van der Waals surface area contributed by atoms with Gasteiger partial charge in [-0.2, -0.15) is 0 Å². The molecule has 0 saturated heterocycles. The maximum Gasteiger partial charge on any atom is 0.319 e. The number of anilines is 4. The van der Waals surface area contributed by atoms with E-state index in [1.165, 1.54) is 5.56 Å². The first-order valence-corrected chi connectivity index (χ1v) is 9.96. The van der Waals surface area contributed by atoms with Crippen LogP contribution in [0.1, 0.15) is 11.1 Å². The molecule has 0 bridgehead atoms. The van der Waals surface area contributed by atoms with Crippen LogP contribution in [0.3, 0.4) is 0 Å². The molecule has 6 heteroatoms. The molecule has 0 unspecified atom stereocenters. The number of carbonyl (C=O) groups excluding carboxylic acids is 2. The Morgan fingerprint density at radius 3 is 2.50 bits per heavy atom. The first-order chi connectivity index (χ1) is 14.6. The lowest BCUT2D eigenvalue weighted by atomic mass is 10.2. The van der Waals surface area contributed by atoms with E-state index in [2.05, 4.69) is 33.0 Å². The SMILES string of the molecule is Cc1cccc(NC(=O)NCC(=O)Nc2ccccc2N2CCc3ccccc32)c1. The number of amides is 3. The van der Waals surface area contributed by atoms with Crippen LogP contribution in [0.25, 0.3) is 0 Å². The zero-order chi connectivity index (χ0) is 20.9. The molecule has 0 radical (unpaired) electrons. The molecule has 0 aliphatic carbocycles. The van der Waals surface area contributed by atoms with Crippen LogP contribution in [-0.4, -0.2) is 25.0 Å². The third-order valence-corrected chi connectivity index (χ3v) is 5.04. The molecule has 0 fully saturated rings. The lowest BCUT2D eigenvalue weighted by molar-refractivity contribution is -0.115. The van der Waals surface area contributed by atoms with E-state index < -0.39 is 6.03 Å². The Morgan fingerprint density at radius 1 is 0.900 bits per heavy atom. The van der Waals surface area contributed by atoms with Crippen molar-refractivity contribution in [2.24, 2.45) is 0 Å². The predicted molar refractivity (Wildman–Crippen MR) is 120 cm³/mol. The van der Waals surface area contributed by atoms with Gasteiger partial charge in [0.2, 0.25) is 5.91 Å². The van der Waals surface area contributed by atoms with Crippen LogP contribution < -0.4 is 20.9 Å². The molecule has 30 heavy (non-hydrogen) atoms. The summed E-state index contributed by atoms with van der Waals surface area (Å²) in [5.74, 6) is -0.283. The first-order valence-electron chi connectivity index (χ1n) is 9.96. The highest BCUT2D eigenvalue weighted by Crippen LogP contribution is 2.37. The third-order valence-electron chi connectivity index (χ3n) is 5.04. The van der Waals surface area contributed by atoms with Crippen LogP contribution in [0, 0.1) is 6.92 Å². The van der Waals surface area contributed by atoms with Crippen molar-refractivity contribution in [3.8, 4) is 0 Å². The van der Waals surface area contributed by atoms with E-state index in [0.717, 1.165) is 35.6 Å². The molecule has 0 spiro atoms. The Morgan fingerprint density at radius 2 is 1.67 bits per heavy atom. The molecular weight excluding hydrogens is 376 g/mol. The summed E-state index contributed by atoms with van der Waals surface area (Å²) in [5.41, 5.74) is 5.86. The van der Waals surface area contributed by atoms with Crippen molar-refractivity contribution in [1.82, 2.24) is 5.32 Å². The maximum atomic E-state index is 12.5. The fourth-order valence-corrected chi connectivity index (χ4v) is 3.66. The smallest absolute Gasteiger partial charge is 0.319 e. The molecule has 0 saturated carbocycles. The van der Waals surface area contributed by atoms with Gasteiger partial charge >= 0.3 is 6.03 Å². The van der Waals surface area contributed by atoms with Gasteiger partial charge in [0.1, 0.15) is 0 Å². The standard InChI is InChI=1S/C24H24N4O2/c1-17-7-6-9-19(15-17)26-24(30)25-16-23(29)27-20-10-3-5-12-22(20)28-14-13-18-8-2-4-11-21(18)28/h2-12,15H,13-14,16H2,1H3,(H,27,29)(H2,25,26,30). The second kappa shape index (κ2) is 8.69. The zero-order valence-electron chi connectivity index (χ0n) is 16.8. The molecule has 3 N–H and O–H groups in total. The van der Waals surface area contributed by atoms with Crippen LogP contribution in [-0.2, 0) is 11.2 Å². The molecule has 152 valence electrons. The Bertz CT molecular complexity index is 1080. The molecule has 1 heterocycles. The lowest BCUT2D eigenvalue weighted by Crippen LogP contribution is -2.36. The van der Waals surface area contributed by atoms with Gasteiger partial charge in [-0.1, -0.05) is 42.5 Å². The van der Waals surface area contributed by atoms with Gasteiger partial charge in [0.25, 0.3) is 0 Å². The van der Waals surface area contributed by atoms with Gasteiger partial charge in [-0.05, 0) is 54.8 Å². The van der Waals surface area contributed by atoms with Crippen LogP contribution in [0.4, 0.5) is 27.5 Å². The van der Waals surface area contributed by atoms with Gasteiger partial charge in [0.15, 0.2) is 0 Å². The van der Waals surface area contributed by atoms with Crippen molar-refractivity contribution in [3.63, 3.8) is 0 Å². The summed E-state index contributed by atoms with van der Waals surface area (Å²) in [6.07, 6.45) is 0.971. The minimum atomic E-state index is -0.419. The fourth-order valence-electron chi connectivity index (χ4n) is 3.66. The number of rotatable bonds is 5. The number of nitrogens with zero attached hydrogens (tertiary/aromatic N) is 1. The molecule has 1 aliphatic heterocycles. The van der Waals surface area contributed by atoms with Crippen molar-refractivity contribution in [2.75, 3.05) is 28.6 Å². The van der Waals surface area contributed by atoms with Crippen LogP contribution in [0.15, 0.2) is 72.8 Å². The minimum absolute atomic E-state index is 0.122. The summed E-state index contributed by atoms with van der Waals surface area (Å²) in [7, 11) is 0. The number of hydrogen-bond donors (Lipinski definition) is 3. The fraction of sp³-hybridized carbons (Fsp3) is 0.167. The summed E-state index contributed by atoms with van der Waals surface area (Å²) in [6.45, 7) is 2.69. The molecule has 3 aromatic rings. The Kier molecular flexibility index (Phi) is 5.66. The first kappa shape index (κ1) is 19.5. The highest BCUT2D eigenvalue weighted by molar-refractivity contribution is 5.99. The van der Waals surface area contributed by atoms with E-state index in [-0.39, 0.29) is 12.5 Å². The van der Waals surface area contributed by atoms with E-state index >= 15 is 0 Å². The third kappa shape index (κ3) is 4.43. The maximum absolute atomic E-state index is 12.5. The molecule has 3 amide bonds. The van der Waals surface area contributed by atoms with Crippen molar-refractivity contribution in [3.05, 3.63) is 83.9 Å². The van der Waals surface area contributed by atoms with Gasteiger partial charge in [-0.3, -0.25) is 4.79 Å². The normalized spacial score (nSPS) is 12.2. The highest BCUT2D eigenvalue weighted by Gasteiger charge is 2.22. The van der Waals surface area contributed by atoms with E-state index in [9.17, 15) is 9.59 Å². The number of nitrogens with one attached hydrogen (secondary N) is 3. The number of fused-ring (bicyclic) bond motifs is 1. The van der Waals surface area contributed by atoms with Gasteiger partial charge < -0.3 is 20.9 Å². The molecular formula is C24H24N4O2. The minimum Gasteiger partial charge on any atom is -0.339 e. The average Bonchev–Trinajstić information content (AvgIpc) is 3.17. The van der Waals surface area contributed by atoms with Gasteiger partial charge in [0, 0.05) is 17.9 Å². The summed E-state index contributed by atoms with van der Waals surface area (Å²) < 4.78 is 0. The summed E-state index contributed by atoms with van der Waals surface area (Å²) >= 11 is 0. The van der Waals surface area contributed by atoms with Crippen LogP contribution >= 0.6 is 0 Å². The van der Waals surface area contributed by atoms with Crippen LogP contribution in [0.2, 0.25) is 0 Å². The van der Waals surface area contributed by atoms with E-state index in [0.29, 0.717) is 5.69 Å². The molecule has 6 nitrogen and oxygen atoms in total. The van der Waals surface area contributed by atoms with Crippen molar-refractivity contribution in [1.29, 1.82) is 0 Å². The molecule has 1 aliphatic rings. The van der Waals surface area contributed by atoms with E-state index in [1.54, 1.807) is 6.07 Å². The monoisotopic (exact) mass is 400 g/mol. The molecule has 3 aromatic carbocycles. The number of urea groups is 1. The van der Waals surface area contributed by atoms with E-state index in [1.807, 2.05) is 61.5 Å². The predicted octanol–water partition coefficient (Wildman–Crippen LogP) is 4.45. The Balaban J connectivity index is 1.38. The Labute approximate surface area is 175 Å². The largest absolute Gasteiger partial charge is 0.339 e.